The Kier molecular flexibility index (Phi) is 5.26. The molecule has 0 bridgehead atoms. The van der Waals surface area contributed by atoms with Crippen LogP contribution in [0.4, 0.5) is 5.69 Å². The van der Waals surface area contributed by atoms with Crippen LogP contribution in [-0.4, -0.2) is 15.7 Å². The van der Waals surface area contributed by atoms with Crippen LogP contribution in [0.5, 0.6) is 0 Å². The third-order valence-corrected chi connectivity index (χ3v) is 5.15. The SMILES string of the molecule is Cc1ccc(NC(=O)c2cccc(-n3ccc(Sc4ccccc4)n3)c2)cc1. The lowest BCUT2D eigenvalue weighted by atomic mass is 10.1. The molecule has 0 unspecified atom stereocenters. The van der Waals surface area contributed by atoms with Crippen molar-refractivity contribution in [3.8, 4) is 5.69 Å². The van der Waals surface area contributed by atoms with E-state index in [9.17, 15) is 4.79 Å². The topological polar surface area (TPSA) is 46.9 Å². The van der Waals surface area contributed by atoms with Gasteiger partial charge in [0.05, 0.1) is 5.69 Å². The van der Waals surface area contributed by atoms with Gasteiger partial charge in [0.15, 0.2) is 0 Å². The molecule has 0 saturated carbocycles. The number of hydrogen-bond acceptors (Lipinski definition) is 3. The molecule has 0 atom stereocenters. The van der Waals surface area contributed by atoms with Crippen LogP contribution in [0.2, 0.25) is 0 Å². The van der Waals surface area contributed by atoms with Gasteiger partial charge in [0.2, 0.25) is 0 Å². The Labute approximate surface area is 168 Å². The van der Waals surface area contributed by atoms with Gasteiger partial charge in [-0.3, -0.25) is 4.79 Å². The Morgan fingerprint density at radius 1 is 0.929 bits per heavy atom. The Hall–Kier alpha value is -3.31. The van der Waals surface area contributed by atoms with Crippen molar-refractivity contribution < 1.29 is 4.79 Å². The van der Waals surface area contributed by atoms with Gasteiger partial charge in [0.25, 0.3) is 5.91 Å². The second-order valence-electron chi connectivity index (χ2n) is 6.38. The molecule has 0 saturated heterocycles. The summed E-state index contributed by atoms with van der Waals surface area (Å²) in [4.78, 5) is 13.7. The first-order chi connectivity index (χ1) is 13.7. The van der Waals surface area contributed by atoms with Crippen molar-refractivity contribution in [1.29, 1.82) is 0 Å². The van der Waals surface area contributed by atoms with Gasteiger partial charge in [-0.2, -0.15) is 5.10 Å². The van der Waals surface area contributed by atoms with E-state index in [1.807, 2.05) is 79.9 Å². The van der Waals surface area contributed by atoms with Crippen LogP contribution in [0.3, 0.4) is 0 Å². The fourth-order valence-electron chi connectivity index (χ4n) is 2.74. The molecule has 1 N–H and O–H groups in total. The summed E-state index contributed by atoms with van der Waals surface area (Å²) in [5.41, 5.74) is 3.37. The molecule has 1 amide bonds. The quantitative estimate of drug-likeness (QED) is 0.487. The summed E-state index contributed by atoms with van der Waals surface area (Å²) in [6.45, 7) is 2.02. The Bertz CT molecular complexity index is 1090. The minimum absolute atomic E-state index is 0.142. The van der Waals surface area contributed by atoms with Crippen LogP contribution in [0.25, 0.3) is 5.69 Å². The van der Waals surface area contributed by atoms with Crippen LogP contribution < -0.4 is 5.32 Å². The minimum Gasteiger partial charge on any atom is -0.322 e. The number of rotatable bonds is 5. The molecule has 0 aliphatic rings. The first kappa shape index (κ1) is 18.1. The van der Waals surface area contributed by atoms with E-state index >= 15 is 0 Å². The molecule has 28 heavy (non-hydrogen) atoms. The van der Waals surface area contributed by atoms with Crippen molar-refractivity contribution in [1.82, 2.24) is 9.78 Å². The molecule has 3 aromatic carbocycles. The zero-order chi connectivity index (χ0) is 19.3. The van der Waals surface area contributed by atoms with E-state index in [1.54, 1.807) is 22.5 Å². The van der Waals surface area contributed by atoms with Gasteiger partial charge in [-0.1, -0.05) is 53.7 Å². The predicted molar refractivity (Wildman–Crippen MR) is 113 cm³/mol. The number of aryl methyl sites for hydroxylation is 1. The van der Waals surface area contributed by atoms with E-state index in [2.05, 4.69) is 22.5 Å². The highest BCUT2D eigenvalue weighted by atomic mass is 32.2. The van der Waals surface area contributed by atoms with Crippen LogP contribution in [0.1, 0.15) is 15.9 Å². The van der Waals surface area contributed by atoms with Gasteiger partial charge in [0, 0.05) is 22.3 Å². The maximum absolute atomic E-state index is 12.6. The number of nitrogens with zero attached hydrogens (tertiary/aromatic N) is 2. The first-order valence-electron chi connectivity index (χ1n) is 8.94. The number of nitrogens with one attached hydrogen (secondary N) is 1. The smallest absolute Gasteiger partial charge is 0.255 e. The lowest BCUT2D eigenvalue weighted by Crippen LogP contribution is -2.12. The minimum atomic E-state index is -0.142. The summed E-state index contributed by atoms with van der Waals surface area (Å²) >= 11 is 1.61. The first-order valence-corrected chi connectivity index (χ1v) is 9.76. The average Bonchev–Trinajstić information content (AvgIpc) is 3.19. The third kappa shape index (κ3) is 4.32. The van der Waals surface area contributed by atoms with Crippen molar-refractivity contribution >= 4 is 23.4 Å². The molecular formula is C23H19N3OS. The van der Waals surface area contributed by atoms with E-state index in [0.29, 0.717) is 5.56 Å². The summed E-state index contributed by atoms with van der Waals surface area (Å²) in [5.74, 6) is -0.142. The zero-order valence-corrected chi connectivity index (χ0v) is 16.2. The van der Waals surface area contributed by atoms with Gasteiger partial charge >= 0.3 is 0 Å². The van der Waals surface area contributed by atoms with E-state index in [0.717, 1.165) is 26.9 Å². The van der Waals surface area contributed by atoms with Crippen molar-refractivity contribution in [2.75, 3.05) is 5.32 Å². The monoisotopic (exact) mass is 385 g/mol. The van der Waals surface area contributed by atoms with E-state index in [-0.39, 0.29) is 5.91 Å². The molecule has 4 nitrogen and oxygen atoms in total. The van der Waals surface area contributed by atoms with Gasteiger partial charge in [0.1, 0.15) is 5.03 Å². The van der Waals surface area contributed by atoms with E-state index in [4.69, 9.17) is 0 Å². The summed E-state index contributed by atoms with van der Waals surface area (Å²) in [6.07, 6.45) is 1.91. The Morgan fingerprint density at radius 3 is 2.50 bits per heavy atom. The predicted octanol–water partition coefficient (Wildman–Crippen LogP) is 5.58. The average molecular weight is 385 g/mol. The molecule has 1 aromatic heterocycles. The van der Waals surface area contributed by atoms with Gasteiger partial charge in [-0.15, -0.1) is 0 Å². The molecule has 0 spiro atoms. The maximum atomic E-state index is 12.6. The number of anilines is 1. The number of aromatic nitrogens is 2. The zero-order valence-electron chi connectivity index (χ0n) is 15.4. The van der Waals surface area contributed by atoms with Gasteiger partial charge in [-0.05, 0) is 55.5 Å². The summed E-state index contributed by atoms with van der Waals surface area (Å²) in [6, 6.07) is 27.3. The molecule has 0 radical (unpaired) electrons. The van der Waals surface area contributed by atoms with Crippen LogP contribution in [0, 0.1) is 6.92 Å². The second kappa shape index (κ2) is 8.15. The highest BCUT2D eigenvalue weighted by Crippen LogP contribution is 2.26. The lowest BCUT2D eigenvalue weighted by molar-refractivity contribution is 0.102. The van der Waals surface area contributed by atoms with Gasteiger partial charge in [-0.25, -0.2) is 4.68 Å². The Morgan fingerprint density at radius 2 is 1.71 bits per heavy atom. The largest absolute Gasteiger partial charge is 0.322 e. The molecule has 1 heterocycles. The number of amides is 1. The third-order valence-electron chi connectivity index (χ3n) is 4.21. The summed E-state index contributed by atoms with van der Waals surface area (Å²) < 4.78 is 1.79. The van der Waals surface area contributed by atoms with Crippen LogP contribution in [0.15, 0.2) is 101 Å². The second-order valence-corrected chi connectivity index (χ2v) is 7.48. The highest BCUT2D eigenvalue weighted by molar-refractivity contribution is 7.99. The number of carbonyl (C=O) groups is 1. The Balaban J connectivity index is 1.50. The van der Waals surface area contributed by atoms with E-state index < -0.39 is 0 Å². The molecule has 138 valence electrons. The van der Waals surface area contributed by atoms with Crippen LogP contribution >= 0.6 is 11.8 Å². The maximum Gasteiger partial charge on any atom is 0.255 e. The molecule has 0 aliphatic heterocycles. The number of carbonyl (C=O) groups excluding carboxylic acids is 1. The lowest BCUT2D eigenvalue weighted by Gasteiger charge is -2.07. The standard InChI is InChI=1S/C23H19N3OS/c1-17-10-12-19(13-11-17)24-23(27)18-6-5-7-20(16-18)26-15-14-22(25-26)28-21-8-3-2-4-9-21/h2-16H,1H3,(H,24,27). The van der Waals surface area contributed by atoms with Crippen molar-refractivity contribution in [2.45, 2.75) is 16.8 Å². The summed E-state index contributed by atoms with van der Waals surface area (Å²) in [7, 11) is 0. The molecule has 4 rings (SSSR count). The molecule has 5 heteroatoms. The highest BCUT2D eigenvalue weighted by Gasteiger charge is 2.09. The number of benzene rings is 3. The normalized spacial score (nSPS) is 10.6. The molecule has 0 fully saturated rings. The fourth-order valence-corrected chi connectivity index (χ4v) is 3.54. The van der Waals surface area contributed by atoms with Crippen molar-refractivity contribution in [2.24, 2.45) is 0 Å². The molecule has 0 aliphatic carbocycles. The molecular weight excluding hydrogens is 366 g/mol. The van der Waals surface area contributed by atoms with Crippen molar-refractivity contribution in [3.63, 3.8) is 0 Å². The van der Waals surface area contributed by atoms with Crippen LogP contribution in [-0.2, 0) is 0 Å². The molecule has 4 aromatic rings. The van der Waals surface area contributed by atoms with E-state index in [1.165, 1.54) is 0 Å². The summed E-state index contributed by atoms with van der Waals surface area (Å²) in [5, 5.41) is 8.45. The van der Waals surface area contributed by atoms with Gasteiger partial charge < -0.3 is 5.32 Å². The fraction of sp³-hybridized carbons (Fsp3) is 0.0435. The van der Waals surface area contributed by atoms with Crippen molar-refractivity contribution in [3.05, 3.63) is 102 Å². The number of hydrogen-bond donors (Lipinski definition) is 1.